The summed E-state index contributed by atoms with van der Waals surface area (Å²) in [5.41, 5.74) is 6.59. The van der Waals surface area contributed by atoms with Crippen molar-refractivity contribution in [1.29, 1.82) is 0 Å². The van der Waals surface area contributed by atoms with Crippen molar-refractivity contribution in [1.82, 2.24) is 30.1 Å². The van der Waals surface area contributed by atoms with Crippen molar-refractivity contribution < 1.29 is 13.9 Å². The van der Waals surface area contributed by atoms with Crippen LogP contribution in [0.4, 0.5) is 10.2 Å². The van der Waals surface area contributed by atoms with Crippen LogP contribution in [0.25, 0.3) is 5.65 Å². The third-order valence-electron chi connectivity index (χ3n) is 9.51. The highest BCUT2D eigenvalue weighted by Gasteiger charge is 2.44. The lowest BCUT2D eigenvalue weighted by atomic mass is 9.76. The molecule has 4 aliphatic heterocycles. The lowest BCUT2D eigenvalue weighted by Crippen LogP contribution is -2.65. The summed E-state index contributed by atoms with van der Waals surface area (Å²) in [6.45, 7) is 3.97. The maximum atomic E-state index is 13.7. The Bertz CT molecular complexity index is 1120. The van der Waals surface area contributed by atoms with Crippen LogP contribution < -0.4 is 16.4 Å². The lowest BCUT2D eigenvalue weighted by molar-refractivity contribution is -0.127. The Morgan fingerprint density at radius 2 is 1.82 bits per heavy atom. The van der Waals surface area contributed by atoms with Crippen molar-refractivity contribution >= 4 is 17.4 Å². The van der Waals surface area contributed by atoms with E-state index in [1.54, 1.807) is 0 Å². The van der Waals surface area contributed by atoms with Crippen molar-refractivity contribution in [3.05, 3.63) is 23.8 Å². The molecule has 1 amide bonds. The van der Waals surface area contributed by atoms with E-state index >= 15 is 0 Å². The molecule has 1 spiro atoms. The van der Waals surface area contributed by atoms with Gasteiger partial charge < -0.3 is 26.0 Å². The van der Waals surface area contributed by atoms with Gasteiger partial charge in [-0.05, 0) is 51.1 Å². The third kappa shape index (κ3) is 5.40. The van der Waals surface area contributed by atoms with Crippen LogP contribution in [0.3, 0.4) is 0 Å². The van der Waals surface area contributed by atoms with Gasteiger partial charge in [-0.1, -0.05) is 44.9 Å². The number of fused-ring (bicyclic) bond motifs is 4. The zero-order valence-corrected chi connectivity index (χ0v) is 22.3. The highest BCUT2D eigenvalue weighted by Crippen LogP contribution is 2.37. The minimum Gasteiger partial charge on any atom is -0.381 e. The molecule has 2 bridgehead atoms. The van der Waals surface area contributed by atoms with Crippen LogP contribution in [0.15, 0.2) is 12.4 Å². The number of ether oxygens (including phenoxy) is 1. The quantitative estimate of drug-likeness (QED) is 0.560. The average Bonchev–Trinajstić information content (AvgIpc) is 3.25. The Hall–Kier alpha value is -2.30. The van der Waals surface area contributed by atoms with Crippen LogP contribution in [0.1, 0.15) is 87.4 Å². The van der Waals surface area contributed by atoms with Crippen molar-refractivity contribution in [2.75, 3.05) is 31.9 Å². The summed E-state index contributed by atoms with van der Waals surface area (Å²) in [5.74, 6) is -0.234. The largest absolute Gasteiger partial charge is 0.381 e. The van der Waals surface area contributed by atoms with Gasteiger partial charge in [-0.25, -0.2) is 13.9 Å². The smallest absolute Gasteiger partial charge is 0.259 e. The number of nitrogens with two attached hydrogens (primary N) is 1. The highest BCUT2D eigenvalue weighted by atomic mass is 19.1. The van der Waals surface area contributed by atoms with Crippen LogP contribution in [-0.4, -0.2) is 75.4 Å². The summed E-state index contributed by atoms with van der Waals surface area (Å²) in [7, 11) is 0. The van der Waals surface area contributed by atoms with Crippen LogP contribution >= 0.6 is 0 Å². The molecule has 6 heterocycles. The number of piperidine rings is 4. The predicted molar refractivity (Wildman–Crippen MR) is 143 cm³/mol. The number of nitrogens with zero attached hydrogens (tertiary/aromatic N) is 4. The number of amides is 1. The van der Waals surface area contributed by atoms with Crippen molar-refractivity contribution in [2.24, 2.45) is 5.92 Å². The molecule has 5 aliphatic rings. The fraction of sp³-hybridized carbons (Fsp3) is 0.750. The van der Waals surface area contributed by atoms with Crippen LogP contribution in [0.2, 0.25) is 0 Å². The molecule has 3 unspecified atom stereocenters. The van der Waals surface area contributed by atoms with Gasteiger partial charge in [-0.2, -0.15) is 0 Å². The molecule has 0 radical (unpaired) electrons. The SMILES string of the molecule is Nc1nn2cc(F)cnc2c1C(=O)NC1CNC2(CCCCCCCCC2)CC1OC1CN2CCC1CC2. The van der Waals surface area contributed by atoms with Crippen molar-refractivity contribution in [2.45, 2.75) is 101 Å². The number of carbonyl (C=O) groups excluding carboxylic acids is 1. The molecule has 208 valence electrons. The molecule has 2 aromatic rings. The number of carbonyl (C=O) groups is 1. The van der Waals surface area contributed by atoms with E-state index in [4.69, 9.17) is 10.5 Å². The number of hydrogen-bond acceptors (Lipinski definition) is 7. The first kappa shape index (κ1) is 26.0. The number of aromatic nitrogens is 3. The molecule has 3 atom stereocenters. The Kier molecular flexibility index (Phi) is 7.55. The number of nitrogens with one attached hydrogen (secondary N) is 2. The molecule has 5 fully saturated rings. The number of anilines is 1. The molecular weight excluding hydrogens is 485 g/mol. The topological polar surface area (TPSA) is 110 Å². The minimum absolute atomic E-state index is 0.0445. The highest BCUT2D eigenvalue weighted by molar-refractivity contribution is 6.04. The first-order chi connectivity index (χ1) is 18.5. The van der Waals surface area contributed by atoms with E-state index in [2.05, 4.69) is 25.6 Å². The zero-order chi connectivity index (χ0) is 26.1. The van der Waals surface area contributed by atoms with Gasteiger partial charge in [-0.15, -0.1) is 5.10 Å². The van der Waals surface area contributed by atoms with Gasteiger partial charge in [0, 0.05) is 18.6 Å². The van der Waals surface area contributed by atoms with E-state index in [0.29, 0.717) is 12.5 Å². The molecule has 7 rings (SSSR count). The predicted octanol–water partition coefficient (Wildman–Crippen LogP) is 3.29. The Morgan fingerprint density at radius 3 is 2.50 bits per heavy atom. The number of halogens is 1. The molecule has 1 saturated carbocycles. The maximum Gasteiger partial charge on any atom is 0.259 e. The second kappa shape index (κ2) is 11.1. The normalized spacial score (nSPS) is 31.9. The first-order valence-corrected chi connectivity index (χ1v) is 14.7. The van der Waals surface area contributed by atoms with Gasteiger partial charge in [0.05, 0.1) is 30.6 Å². The number of rotatable bonds is 4. The van der Waals surface area contributed by atoms with Gasteiger partial charge in [0.25, 0.3) is 5.91 Å². The van der Waals surface area contributed by atoms with Gasteiger partial charge >= 0.3 is 0 Å². The Balaban J connectivity index is 1.23. The maximum absolute atomic E-state index is 13.7. The van der Waals surface area contributed by atoms with E-state index in [1.807, 2.05) is 0 Å². The summed E-state index contributed by atoms with van der Waals surface area (Å²) in [4.78, 5) is 20.1. The summed E-state index contributed by atoms with van der Waals surface area (Å²) in [6, 6.07) is -0.200. The molecular formula is C28H42FN7O2. The van der Waals surface area contributed by atoms with Crippen LogP contribution in [0, 0.1) is 11.7 Å². The van der Waals surface area contributed by atoms with E-state index in [0.717, 1.165) is 32.0 Å². The number of nitrogen functional groups attached to an aromatic ring is 1. The standard InChI is InChI=1S/C28H42FN7O2/c29-20-15-31-26-24(25(30)34-36(26)17-20)27(37)33-21-16-32-28(10-6-4-2-1-3-5-7-11-28)14-22(21)38-23-18-35-12-8-19(23)9-13-35/h15,17,19,21-23,32H,1-14,16,18H2,(H2,30,34)(H,33,37). The molecule has 2 aromatic heterocycles. The third-order valence-corrected chi connectivity index (χ3v) is 9.51. The molecule has 38 heavy (non-hydrogen) atoms. The van der Waals surface area contributed by atoms with Gasteiger partial charge in [-0.3, -0.25) is 4.79 Å². The summed E-state index contributed by atoms with van der Waals surface area (Å²) >= 11 is 0. The monoisotopic (exact) mass is 527 g/mol. The zero-order valence-electron chi connectivity index (χ0n) is 22.3. The average molecular weight is 528 g/mol. The van der Waals surface area contributed by atoms with E-state index < -0.39 is 5.82 Å². The Labute approximate surface area is 224 Å². The van der Waals surface area contributed by atoms with Gasteiger partial charge in [0.15, 0.2) is 17.3 Å². The second-order valence-electron chi connectivity index (χ2n) is 12.1. The van der Waals surface area contributed by atoms with Gasteiger partial charge in [0.1, 0.15) is 5.56 Å². The molecule has 10 heteroatoms. The van der Waals surface area contributed by atoms with E-state index in [1.165, 1.54) is 81.6 Å². The molecule has 0 aromatic carbocycles. The minimum atomic E-state index is -0.537. The van der Waals surface area contributed by atoms with Crippen molar-refractivity contribution in [3.8, 4) is 0 Å². The van der Waals surface area contributed by atoms with E-state index in [9.17, 15) is 9.18 Å². The molecule has 9 nitrogen and oxygen atoms in total. The van der Waals surface area contributed by atoms with Crippen LogP contribution in [-0.2, 0) is 4.74 Å². The Morgan fingerprint density at radius 1 is 1.11 bits per heavy atom. The van der Waals surface area contributed by atoms with Crippen molar-refractivity contribution in [3.63, 3.8) is 0 Å². The molecule has 4 N–H and O–H groups in total. The number of hydrogen-bond donors (Lipinski definition) is 3. The molecule has 1 aliphatic carbocycles. The second-order valence-corrected chi connectivity index (χ2v) is 12.1. The van der Waals surface area contributed by atoms with Gasteiger partial charge in [0.2, 0.25) is 0 Å². The lowest BCUT2D eigenvalue weighted by Gasteiger charge is -2.50. The molecule has 4 saturated heterocycles. The summed E-state index contributed by atoms with van der Waals surface area (Å²) in [6.07, 6.45) is 17.0. The summed E-state index contributed by atoms with van der Waals surface area (Å²) < 4.78 is 21.9. The fourth-order valence-electron chi connectivity index (χ4n) is 7.34. The first-order valence-electron chi connectivity index (χ1n) is 14.7. The van der Waals surface area contributed by atoms with Crippen LogP contribution in [0.5, 0.6) is 0 Å². The van der Waals surface area contributed by atoms with E-state index in [-0.39, 0.29) is 46.7 Å². The summed E-state index contributed by atoms with van der Waals surface area (Å²) in [5, 5.41) is 11.2. The fourth-order valence-corrected chi connectivity index (χ4v) is 7.34.